The van der Waals surface area contributed by atoms with Crippen molar-refractivity contribution in [3.05, 3.63) is 36.1 Å². The molecule has 0 fully saturated rings. The van der Waals surface area contributed by atoms with Crippen molar-refractivity contribution in [2.24, 2.45) is 0 Å². The van der Waals surface area contributed by atoms with Crippen molar-refractivity contribution < 1.29 is 23.6 Å². The van der Waals surface area contributed by atoms with E-state index >= 15 is 0 Å². The minimum Gasteiger partial charge on any atom is -0.497 e. The summed E-state index contributed by atoms with van der Waals surface area (Å²) in [5.41, 5.74) is 0. The smallest absolute Gasteiger partial charge is 0.263 e. The van der Waals surface area contributed by atoms with E-state index in [9.17, 15) is 9.59 Å². The lowest BCUT2D eigenvalue weighted by molar-refractivity contribution is -0.139. The van der Waals surface area contributed by atoms with Crippen molar-refractivity contribution in [2.75, 3.05) is 26.0 Å². The number of nitrogens with one attached hydrogen (secondary N) is 1. The van der Waals surface area contributed by atoms with Gasteiger partial charge >= 0.3 is 0 Å². The average Bonchev–Trinajstić information content (AvgIpc) is 2.99. The van der Waals surface area contributed by atoms with E-state index in [-0.39, 0.29) is 18.4 Å². The van der Waals surface area contributed by atoms with Gasteiger partial charge in [0, 0.05) is 13.1 Å². The molecule has 0 aliphatic carbocycles. The topological polar surface area (TPSA) is 93.9 Å². The monoisotopic (exact) mass is 347 g/mol. The molecule has 8 heteroatoms. The van der Waals surface area contributed by atoms with E-state index in [1.54, 1.807) is 51.3 Å². The molecule has 25 heavy (non-hydrogen) atoms. The van der Waals surface area contributed by atoms with E-state index in [4.69, 9.17) is 14.0 Å². The van der Waals surface area contributed by atoms with Crippen molar-refractivity contribution in [3.8, 4) is 11.5 Å². The number of ether oxygens (including phenoxy) is 2. The van der Waals surface area contributed by atoms with Gasteiger partial charge in [0.25, 0.3) is 5.91 Å². The zero-order valence-electron chi connectivity index (χ0n) is 14.6. The molecule has 1 aromatic heterocycles. The van der Waals surface area contributed by atoms with E-state index in [0.717, 1.165) is 0 Å². The third-order valence-electron chi connectivity index (χ3n) is 3.37. The molecule has 1 atom stereocenters. The number of aromatic nitrogens is 1. The van der Waals surface area contributed by atoms with E-state index in [0.29, 0.717) is 23.1 Å². The molecular weight excluding hydrogens is 326 g/mol. The highest BCUT2D eigenvalue weighted by atomic mass is 16.5. The highest BCUT2D eigenvalue weighted by Gasteiger charge is 2.21. The molecule has 0 aliphatic rings. The third-order valence-corrected chi connectivity index (χ3v) is 3.37. The third kappa shape index (κ3) is 5.23. The summed E-state index contributed by atoms with van der Waals surface area (Å²) in [6.07, 6.45) is -0.736. The molecule has 1 aromatic carbocycles. The molecule has 0 saturated carbocycles. The summed E-state index contributed by atoms with van der Waals surface area (Å²) >= 11 is 0. The van der Waals surface area contributed by atoms with Gasteiger partial charge in [0.1, 0.15) is 17.3 Å². The van der Waals surface area contributed by atoms with Crippen LogP contribution in [0.15, 0.2) is 34.9 Å². The lowest BCUT2D eigenvalue weighted by Crippen LogP contribution is -2.42. The van der Waals surface area contributed by atoms with Crippen molar-refractivity contribution in [3.63, 3.8) is 0 Å². The van der Waals surface area contributed by atoms with Crippen molar-refractivity contribution in [1.82, 2.24) is 10.1 Å². The van der Waals surface area contributed by atoms with Crippen LogP contribution in [0.4, 0.5) is 5.82 Å². The molecule has 2 aromatic rings. The summed E-state index contributed by atoms with van der Waals surface area (Å²) in [5.74, 6) is 1.44. The quantitative estimate of drug-likeness (QED) is 0.821. The minimum absolute atomic E-state index is 0.124. The number of carbonyl (C=O) groups excluding carboxylic acids is 2. The molecule has 134 valence electrons. The lowest BCUT2D eigenvalue weighted by Gasteiger charge is -2.21. The van der Waals surface area contributed by atoms with E-state index < -0.39 is 6.10 Å². The second-order valence-corrected chi connectivity index (χ2v) is 5.50. The Hall–Kier alpha value is -3.03. The molecule has 0 spiro atoms. The number of aryl methyl sites for hydroxylation is 1. The highest BCUT2D eigenvalue weighted by Crippen LogP contribution is 2.18. The molecule has 2 rings (SSSR count). The van der Waals surface area contributed by atoms with Gasteiger partial charge in [0.05, 0.1) is 13.7 Å². The van der Waals surface area contributed by atoms with E-state index in [1.807, 2.05) is 0 Å². The SMILES string of the molecule is COc1ccc(OC(C)C(=O)N(C)CC(=O)Nc2cc(C)on2)cc1. The van der Waals surface area contributed by atoms with Crippen LogP contribution in [0, 0.1) is 6.92 Å². The summed E-state index contributed by atoms with van der Waals surface area (Å²) < 4.78 is 15.5. The zero-order chi connectivity index (χ0) is 18.4. The number of methoxy groups -OCH3 is 1. The van der Waals surface area contributed by atoms with Crippen molar-refractivity contribution in [1.29, 1.82) is 0 Å². The Labute approximate surface area is 145 Å². The number of anilines is 1. The molecule has 1 N–H and O–H groups in total. The average molecular weight is 347 g/mol. The zero-order valence-corrected chi connectivity index (χ0v) is 14.6. The molecule has 1 unspecified atom stereocenters. The number of carbonyl (C=O) groups is 2. The highest BCUT2D eigenvalue weighted by molar-refractivity contribution is 5.94. The van der Waals surface area contributed by atoms with Crippen LogP contribution in [-0.4, -0.2) is 48.7 Å². The second-order valence-electron chi connectivity index (χ2n) is 5.50. The van der Waals surface area contributed by atoms with Crippen LogP contribution in [-0.2, 0) is 9.59 Å². The number of hydrogen-bond acceptors (Lipinski definition) is 6. The molecular formula is C17H21N3O5. The molecule has 2 amide bonds. The largest absolute Gasteiger partial charge is 0.497 e. The van der Waals surface area contributed by atoms with Gasteiger partial charge in [-0.1, -0.05) is 5.16 Å². The predicted molar refractivity (Wildman–Crippen MR) is 90.6 cm³/mol. The molecule has 0 bridgehead atoms. The Morgan fingerprint density at radius 2 is 1.92 bits per heavy atom. The molecule has 8 nitrogen and oxygen atoms in total. The maximum absolute atomic E-state index is 12.3. The van der Waals surface area contributed by atoms with Crippen molar-refractivity contribution in [2.45, 2.75) is 20.0 Å². The molecule has 1 heterocycles. The minimum atomic E-state index is -0.736. The van der Waals surface area contributed by atoms with Crippen LogP contribution in [0.1, 0.15) is 12.7 Å². The van der Waals surface area contributed by atoms with E-state index in [2.05, 4.69) is 10.5 Å². The molecule has 0 aliphatic heterocycles. The van der Waals surface area contributed by atoms with Gasteiger partial charge in [0.15, 0.2) is 11.9 Å². The first kappa shape index (κ1) is 18.3. The Kier molecular flexibility index (Phi) is 5.99. The first-order valence-corrected chi connectivity index (χ1v) is 7.68. The summed E-state index contributed by atoms with van der Waals surface area (Å²) in [6, 6.07) is 8.49. The fourth-order valence-corrected chi connectivity index (χ4v) is 2.12. The Morgan fingerprint density at radius 3 is 2.48 bits per heavy atom. The van der Waals surface area contributed by atoms with Crippen LogP contribution < -0.4 is 14.8 Å². The van der Waals surface area contributed by atoms with Crippen LogP contribution in [0.3, 0.4) is 0 Å². The maximum atomic E-state index is 12.3. The Balaban J connectivity index is 1.85. The van der Waals surface area contributed by atoms with Crippen LogP contribution >= 0.6 is 0 Å². The molecule has 0 saturated heterocycles. The number of likely N-dealkylation sites (N-methyl/N-ethyl adjacent to an activating group) is 1. The van der Waals surface area contributed by atoms with Crippen molar-refractivity contribution >= 4 is 17.6 Å². The Morgan fingerprint density at radius 1 is 1.28 bits per heavy atom. The Bertz CT molecular complexity index is 726. The predicted octanol–water partition coefficient (Wildman–Crippen LogP) is 1.86. The van der Waals surface area contributed by atoms with Crippen LogP contribution in [0.5, 0.6) is 11.5 Å². The number of hydrogen-bond donors (Lipinski definition) is 1. The number of nitrogens with zero attached hydrogens (tertiary/aromatic N) is 2. The fourth-order valence-electron chi connectivity index (χ4n) is 2.12. The van der Waals surface area contributed by atoms with Crippen LogP contribution in [0.25, 0.3) is 0 Å². The summed E-state index contributed by atoms with van der Waals surface area (Å²) in [4.78, 5) is 25.6. The summed E-state index contributed by atoms with van der Waals surface area (Å²) in [7, 11) is 3.10. The second kappa shape index (κ2) is 8.18. The number of amides is 2. The van der Waals surface area contributed by atoms with Gasteiger partial charge in [0.2, 0.25) is 5.91 Å². The normalized spacial score (nSPS) is 11.5. The van der Waals surface area contributed by atoms with Gasteiger partial charge in [-0.3, -0.25) is 9.59 Å². The van der Waals surface area contributed by atoms with E-state index in [1.165, 1.54) is 11.9 Å². The summed E-state index contributed by atoms with van der Waals surface area (Å²) in [6.45, 7) is 3.22. The fraction of sp³-hybridized carbons (Fsp3) is 0.353. The molecule has 0 radical (unpaired) electrons. The maximum Gasteiger partial charge on any atom is 0.263 e. The van der Waals surface area contributed by atoms with Gasteiger partial charge in [-0.15, -0.1) is 0 Å². The van der Waals surface area contributed by atoms with Crippen LogP contribution in [0.2, 0.25) is 0 Å². The van der Waals surface area contributed by atoms with Gasteiger partial charge in [-0.2, -0.15) is 0 Å². The first-order chi connectivity index (χ1) is 11.9. The number of rotatable bonds is 7. The lowest BCUT2D eigenvalue weighted by atomic mass is 10.3. The first-order valence-electron chi connectivity index (χ1n) is 7.68. The van der Waals surface area contributed by atoms with Gasteiger partial charge < -0.3 is 24.2 Å². The number of benzene rings is 1. The standard InChI is InChI=1S/C17H21N3O5/c1-11-9-15(19-25-11)18-16(21)10-20(3)17(22)12(2)24-14-7-5-13(23-4)6-8-14/h5-9,12H,10H2,1-4H3,(H,18,19,21). The van der Waals surface area contributed by atoms with Gasteiger partial charge in [-0.25, -0.2) is 0 Å². The van der Waals surface area contributed by atoms with Gasteiger partial charge in [-0.05, 0) is 38.1 Å². The summed E-state index contributed by atoms with van der Waals surface area (Å²) in [5, 5.41) is 6.23.